The van der Waals surface area contributed by atoms with E-state index in [2.05, 4.69) is 79.0 Å². The van der Waals surface area contributed by atoms with Crippen LogP contribution in [-0.2, 0) is 11.0 Å². The quantitative estimate of drug-likeness (QED) is 0.606. The number of phenols is 1. The average molecular weight is 400 g/mol. The molecule has 0 saturated carbocycles. The molecule has 1 aliphatic rings. The summed E-state index contributed by atoms with van der Waals surface area (Å²) in [5.74, 6) is 0.293. The van der Waals surface area contributed by atoms with Gasteiger partial charge in [-0.3, -0.25) is 4.98 Å². The summed E-state index contributed by atoms with van der Waals surface area (Å²) in [5, 5.41) is 10.2. The van der Waals surface area contributed by atoms with Crippen LogP contribution >= 0.6 is 0 Å². The molecule has 0 spiro atoms. The molecule has 0 saturated heterocycles. The third kappa shape index (κ3) is 3.54. The largest absolute Gasteiger partial charge is 0.506 e. The zero-order valence-corrected chi connectivity index (χ0v) is 18.1. The van der Waals surface area contributed by atoms with Crippen molar-refractivity contribution in [2.24, 2.45) is 0 Å². The highest BCUT2D eigenvalue weighted by atomic mass is 16.3. The van der Waals surface area contributed by atoms with Crippen molar-refractivity contribution in [3.05, 3.63) is 102 Å². The lowest BCUT2D eigenvalue weighted by atomic mass is 9.79. The number of aromatic hydroxyl groups is 1. The first kappa shape index (κ1) is 20.0. The molecule has 0 radical (unpaired) electrons. The molecule has 0 fully saturated rings. The normalized spacial score (nSPS) is 14.4. The third-order valence-corrected chi connectivity index (χ3v) is 6.24. The second-order valence-corrected chi connectivity index (χ2v) is 8.85. The molecule has 154 valence electrons. The molecule has 0 amide bonds. The predicted molar refractivity (Wildman–Crippen MR) is 122 cm³/mol. The fourth-order valence-corrected chi connectivity index (χ4v) is 3.98. The minimum absolute atomic E-state index is 0.184. The van der Waals surface area contributed by atoms with Crippen LogP contribution in [0.5, 0.6) is 5.75 Å². The summed E-state index contributed by atoms with van der Waals surface area (Å²) in [5.41, 5.74) is 3.96. The van der Waals surface area contributed by atoms with Gasteiger partial charge in [-0.1, -0.05) is 56.3 Å². The standard InChI is InChI=1S/C26H29N3O/c1-25(2,24-14-7-8-15-27-24)20-10-9-11-21(18-20)26(3,4)29-17-16-28(19-29)22-12-5-6-13-23(22)30/h5-18,30H,19H2,1-4H3. The molecule has 4 rings (SSSR count). The minimum Gasteiger partial charge on any atom is -0.506 e. The summed E-state index contributed by atoms with van der Waals surface area (Å²) in [6.45, 7) is 9.59. The number of aromatic nitrogens is 1. The summed E-state index contributed by atoms with van der Waals surface area (Å²) >= 11 is 0. The van der Waals surface area contributed by atoms with E-state index in [1.807, 2.05) is 42.7 Å². The summed E-state index contributed by atoms with van der Waals surface area (Å²) in [4.78, 5) is 8.96. The van der Waals surface area contributed by atoms with Gasteiger partial charge in [-0.25, -0.2) is 0 Å². The maximum absolute atomic E-state index is 10.2. The van der Waals surface area contributed by atoms with Crippen molar-refractivity contribution in [2.75, 3.05) is 11.6 Å². The van der Waals surface area contributed by atoms with E-state index in [-0.39, 0.29) is 11.0 Å². The Bertz CT molecular complexity index is 1060. The Kier molecular flexibility index (Phi) is 5.02. The summed E-state index contributed by atoms with van der Waals surface area (Å²) in [6, 6.07) is 22.3. The van der Waals surface area contributed by atoms with Gasteiger partial charge in [0, 0.05) is 24.0 Å². The fraction of sp³-hybridized carbons (Fsp3) is 0.269. The van der Waals surface area contributed by atoms with E-state index in [1.54, 1.807) is 6.07 Å². The van der Waals surface area contributed by atoms with Gasteiger partial charge in [0.05, 0.1) is 23.6 Å². The van der Waals surface area contributed by atoms with E-state index < -0.39 is 0 Å². The Morgan fingerprint density at radius 3 is 2.30 bits per heavy atom. The molecule has 4 heteroatoms. The second-order valence-electron chi connectivity index (χ2n) is 8.85. The van der Waals surface area contributed by atoms with Crippen LogP contribution in [0.25, 0.3) is 0 Å². The highest BCUT2D eigenvalue weighted by Crippen LogP contribution is 2.37. The van der Waals surface area contributed by atoms with Crippen molar-refractivity contribution < 1.29 is 5.11 Å². The van der Waals surface area contributed by atoms with Crippen molar-refractivity contribution in [1.82, 2.24) is 9.88 Å². The number of phenolic OH excluding ortho intramolecular Hbond substituents is 1. The molecule has 1 N–H and O–H groups in total. The van der Waals surface area contributed by atoms with Crippen molar-refractivity contribution in [1.29, 1.82) is 0 Å². The molecule has 30 heavy (non-hydrogen) atoms. The van der Waals surface area contributed by atoms with Crippen LogP contribution in [0.4, 0.5) is 5.69 Å². The Balaban J connectivity index is 1.61. The number of hydrogen-bond donors (Lipinski definition) is 1. The van der Waals surface area contributed by atoms with Gasteiger partial charge in [0.1, 0.15) is 5.75 Å². The van der Waals surface area contributed by atoms with E-state index in [0.717, 1.165) is 11.4 Å². The van der Waals surface area contributed by atoms with Gasteiger partial charge in [-0.05, 0) is 49.2 Å². The molecule has 2 aromatic carbocycles. The first-order valence-corrected chi connectivity index (χ1v) is 10.3. The maximum Gasteiger partial charge on any atom is 0.139 e. The van der Waals surface area contributed by atoms with E-state index in [4.69, 9.17) is 0 Å². The van der Waals surface area contributed by atoms with E-state index >= 15 is 0 Å². The average Bonchev–Trinajstić information content (AvgIpc) is 3.26. The lowest BCUT2D eigenvalue weighted by Gasteiger charge is -2.38. The van der Waals surface area contributed by atoms with Crippen molar-refractivity contribution in [2.45, 2.75) is 38.6 Å². The van der Waals surface area contributed by atoms with Crippen LogP contribution < -0.4 is 4.90 Å². The van der Waals surface area contributed by atoms with Crippen molar-refractivity contribution in [3.8, 4) is 5.75 Å². The third-order valence-electron chi connectivity index (χ3n) is 6.24. The molecule has 0 bridgehead atoms. The number of pyridine rings is 1. The van der Waals surface area contributed by atoms with Gasteiger partial charge in [0.15, 0.2) is 0 Å². The monoisotopic (exact) mass is 399 g/mol. The van der Waals surface area contributed by atoms with Gasteiger partial charge >= 0.3 is 0 Å². The predicted octanol–water partition coefficient (Wildman–Crippen LogP) is 5.60. The zero-order valence-electron chi connectivity index (χ0n) is 18.1. The molecular weight excluding hydrogens is 370 g/mol. The van der Waals surface area contributed by atoms with Gasteiger partial charge < -0.3 is 14.9 Å². The molecule has 1 aromatic heterocycles. The Hall–Kier alpha value is -3.27. The highest BCUT2D eigenvalue weighted by molar-refractivity contribution is 5.60. The first-order valence-electron chi connectivity index (χ1n) is 10.3. The van der Waals surface area contributed by atoms with Crippen LogP contribution in [0.15, 0.2) is 85.3 Å². The number of anilines is 1. The van der Waals surface area contributed by atoms with Crippen LogP contribution in [-0.4, -0.2) is 21.7 Å². The number of benzene rings is 2. The smallest absolute Gasteiger partial charge is 0.139 e. The lowest BCUT2D eigenvalue weighted by Crippen LogP contribution is -2.40. The second kappa shape index (κ2) is 7.52. The summed E-state index contributed by atoms with van der Waals surface area (Å²) in [7, 11) is 0. The van der Waals surface area contributed by atoms with Crippen LogP contribution in [0.2, 0.25) is 0 Å². The zero-order chi connectivity index (χ0) is 21.4. The molecule has 4 nitrogen and oxygen atoms in total. The first-order chi connectivity index (χ1) is 14.3. The van der Waals surface area contributed by atoms with E-state index in [9.17, 15) is 5.11 Å². The topological polar surface area (TPSA) is 39.6 Å². The molecule has 1 aliphatic heterocycles. The molecule has 0 atom stereocenters. The van der Waals surface area contributed by atoms with Crippen molar-refractivity contribution >= 4 is 5.69 Å². The summed E-state index contributed by atoms with van der Waals surface area (Å²) < 4.78 is 0. The summed E-state index contributed by atoms with van der Waals surface area (Å²) in [6.07, 6.45) is 5.98. The highest BCUT2D eigenvalue weighted by Gasteiger charge is 2.33. The molecule has 0 aliphatic carbocycles. The number of rotatable bonds is 5. The number of nitrogens with zero attached hydrogens (tertiary/aromatic N) is 3. The fourth-order valence-electron chi connectivity index (χ4n) is 3.98. The van der Waals surface area contributed by atoms with Crippen LogP contribution in [0.3, 0.4) is 0 Å². The van der Waals surface area contributed by atoms with Gasteiger partial charge in [-0.2, -0.15) is 0 Å². The Labute approximate surface area is 179 Å². The molecule has 2 heterocycles. The Morgan fingerprint density at radius 1 is 0.833 bits per heavy atom. The van der Waals surface area contributed by atoms with Crippen molar-refractivity contribution in [3.63, 3.8) is 0 Å². The van der Waals surface area contributed by atoms with Gasteiger partial charge in [0.25, 0.3) is 0 Å². The van der Waals surface area contributed by atoms with E-state index in [1.165, 1.54) is 11.1 Å². The SMILES string of the molecule is CC(C)(c1cccc(C(C)(C)N2C=CN(c3ccccc3O)C2)c1)c1ccccn1. The number of hydrogen-bond acceptors (Lipinski definition) is 4. The molecule has 3 aromatic rings. The number of para-hydroxylation sites is 2. The minimum atomic E-state index is -0.216. The molecule has 0 unspecified atom stereocenters. The Morgan fingerprint density at radius 2 is 1.57 bits per heavy atom. The lowest BCUT2D eigenvalue weighted by molar-refractivity contribution is 0.201. The van der Waals surface area contributed by atoms with Crippen LogP contribution in [0, 0.1) is 0 Å². The van der Waals surface area contributed by atoms with Crippen LogP contribution in [0.1, 0.15) is 44.5 Å². The van der Waals surface area contributed by atoms with Gasteiger partial charge in [0.2, 0.25) is 0 Å². The molecular formula is C26H29N3O. The maximum atomic E-state index is 10.2. The van der Waals surface area contributed by atoms with Gasteiger partial charge in [-0.15, -0.1) is 0 Å². The van der Waals surface area contributed by atoms with E-state index in [0.29, 0.717) is 12.4 Å².